The molecule has 1 aliphatic heterocycles. The summed E-state index contributed by atoms with van der Waals surface area (Å²) in [7, 11) is 0. The van der Waals surface area contributed by atoms with Crippen molar-refractivity contribution in [3.8, 4) is 0 Å². The van der Waals surface area contributed by atoms with Crippen LogP contribution >= 0.6 is 23.1 Å². The summed E-state index contributed by atoms with van der Waals surface area (Å²) in [5.74, 6) is 0.0679. The third kappa shape index (κ3) is 2.59. The van der Waals surface area contributed by atoms with Crippen LogP contribution < -0.4 is 11.1 Å². The number of nitrogen functional groups attached to an aromatic ring is 1. The molecule has 0 fully saturated rings. The zero-order valence-corrected chi connectivity index (χ0v) is 12.0. The van der Waals surface area contributed by atoms with Crippen molar-refractivity contribution in [3.63, 3.8) is 0 Å². The van der Waals surface area contributed by atoms with Crippen LogP contribution in [0.5, 0.6) is 0 Å². The summed E-state index contributed by atoms with van der Waals surface area (Å²) in [6, 6.07) is 3.90. The summed E-state index contributed by atoms with van der Waals surface area (Å²) in [6.45, 7) is 1.97. The van der Waals surface area contributed by atoms with Crippen molar-refractivity contribution in [3.05, 3.63) is 28.8 Å². The third-order valence-electron chi connectivity index (χ3n) is 2.93. The summed E-state index contributed by atoms with van der Waals surface area (Å²) >= 11 is 3.14. The first-order valence-corrected chi connectivity index (χ1v) is 7.63. The quantitative estimate of drug-likeness (QED) is 0.834. The molecule has 3 N–H and O–H groups in total. The number of carbonyl (C=O) groups is 1. The number of nitrogens with two attached hydrogens (primary N) is 1. The van der Waals surface area contributed by atoms with Gasteiger partial charge in [-0.3, -0.25) is 4.79 Å². The fourth-order valence-corrected chi connectivity index (χ4v) is 3.85. The Morgan fingerprint density at radius 3 is 3.00 bits per heavy atom. The minimum Gasteiger partial charge on any atom is -0.398 e. The van der Waals surface area contributed by atoms with Crippen LogP contribution in [-0.2, 0) is 11.2 Å². The molecule has 0 unspecified atom stereocenters. The SMILES string of the molecule is Cc1csc(Sc2cc3c(cc2N)CCC(=O)N3)n1. The van der Waals surface area contributed by atoms with Crippen LogP contribution in [-0.4, -0.2) is 10.9 Å². The molecule has 1 aliphatic rings. The van der Waals surface area contributed by atoms with E-state index < -0.39 is 0 Å². The van der Waals surface area contributed by atoms with Gasteiger partial charge in [-0.1, -0.05) is 11.8 Å². The van der Waals surface area contributed by atoms with E-state index in [4.69, 9.17) is 5.73 Å². The number of nitrogens with one attached hydrogen (secondary N) is 1. The number of aromatic nitrogens is 1. The molecule has 0 spiro atoms. The maximum absolute atomic E-state index is 11.4. The normalized spacial score (nSPS) is 14.1. The summed E-state index contributed by atoms with van der Waals surface area (Å²) < 4.78 is 0.964. The second-order valence-electron chi connectivity index (χ2n) is 4.45. The van der Waals surface area contributed by atoms with E-state index in [9.17, 15) is 4.79 Å². The van der Waals surface area contributed by atoms with E-state index in [0.29, 0.717) is 6.42 Å². The van der Waals surface area contributed by atoms with Crippen LogP contribution in [0.15, 0.2) is 26.7 Å². The highest BCUT2D eigenvalue weighted by Gasteiger charge is 2.17. The molecule has 0 saturated carbocycles. The Hall–Kier alpha value is -1.53. The highest BCUT2D eigenvalue weighted by molar-refractivity contribution is 8.01. The Morgan fingerprint density at radius 1 is 1.42 bits per heavy atom. The first kappa shape index (κ1) is 12.5. The molecular weight excluding hydrogens is 278 g/mol. The van der Waals surface area contributed by atoms with E-state index in [0.717, 1.165) is 38.3 Å². The van der Waals surface area contributed by atoms with E-state index in [2.05, 4.69) is 10.3 Å². The largest absolute Gasteiger partial charge is 0.398 e. The van der Waals surface area contributed by atoms with Crippen LogP contribution in [0.2, 0.25) is 0 Å². The predicted molar refractivity (Wildman–Crippen MR) is 78.8 cm³/mol. The molecule has 1 aromatic carbocycles. The van der Waals surface area contributed by atoms with Gasteiger partial charge in [-0.2, -0.15) is 0 Å². The highest BCUT2D eigenvalue weighted by Crippen LogP contribution is 2.38. The van der Waals surface area contributed by atoms with Gasteiger partial charge in [0.1, 0.15) is 0 Å². The second kappa shape index (κ2) is 4.86. The monoisotopic (exact) mass is 291 g/mol. The number of carbonyl (C=O) groups excluding carboxylic acids is 1. The number of nitrogens with zero attached hydrogens (tertiary/aromatic N) is 1. The fourth-order valence-electron chi connectivity index (χ4n) is 1.99. The van der Waals surface area contributed by atoms with Gasteiger partial charge in [-0.05, 0) is 31.0 Å². The number of hydrogen-bond acceptors (Lipinski definition) is 5. The number of fused-ring (bicyclic) bond motifs is 1. The zero-order valence-electron chi connectivity index (χ0n) is 10.4. The molecule has 0 aliphatic carbocycles. The molecule has 4 nitrogen and oxygen atoms in total. The second-order valence-corrected chi connectivity index (χ2v) is 6.60. The van der Waals surface area contributed by atoms with E-state index in [1.807, 2.05) is 24.4 Å². The number of aryl methyl sites for hydroxylation is 2. The minimum atomic E-state index is 0.0679. The van der Waals surface area contributed by atoms with Crippen molar-refractivity contribution < 1.29 is 4.79 Å². The molecule has 98 valence electrons. The van der Waals surface area contributed by atoms with Crippen molar-refractivity contribution in [2.24, 2.45) is 0 Å². The molecule has 0 bridgehead atoms. The summed E-state index contributed by atoms with van der Waals surface area (Å²) in [6.07, 6.45) is 1.29. The average molecular weight is 291 g/mol. The van der Waals surface area contributed by atoms with Gasteiger partial charge in [-0.15, -0.1) is 11.3 Å². The molecular formula is C13H13N3OS2. The van der Waals surface area contributed by atoms with Crippen molar-refractivity contribution in [1.29, 1.82) is 0 Å². The molecule has 1 amide bonds. The summed E-state index contributed by atoms with van der Waals surface area (Å²) in [4.78, 5) is 16.8. The van der Waals surface area contributed by atoms with Crippen molar-refractivity contribution in [2.75, 3.05) is 11.1 Å². The molecule has 6 heteroatoms. The lowest BCUT2D eigenvalue weighted by Gasteiger charge is -2.18. The summed E-state index contributed by atoms with van der Waals surface area (Å²) in [5, 5.41) is 4.91. The van der Waals surface area contributed by atoms with Crippen molar-refractivity contribution in [1.82, 2.24) is 4.98 Å². The van der Waals surface area contributed by atoms with Gasteiger partial charge < -0.3 is 11.1 Å². The number of amides is 1. The molecule has 19 heavy (non-hydrogen) atoms. The first-order chi connectivity index (χ1) is 9.11. The maximum atomic E-state index is 11.4. The van der Waals surface area contributed by atoms with E-state index >= 15 is 0 Å². The Morgan fingerprint density at radius 2 is 2.26 bits per heavy atom. The van der Waals surface area contributed by atoms with Crippen LogP contribution in [0.4, 0.5) is 11.4 Å². The van der Waals surface area contributed by atoms with Crippen LogP contribution in [0.25, 0.3) is 0 Å². The van der Waals surface area contributed by atoms with Gasteiger partial charge in [0.15, 0.2) is 4.34 Å². The van der Waals surface area contributed by atoms with Crippen molar-refractivity contribution in [2.45, 2.75) is 29.0 Å². The van der Waals surface area contributed by atoms with Gasteiger partial charge in [-0.25, -0.2) is 4.98 Å². The number of anilines is 2. The lowest BCUT2D eigenvalue weighted by atomic mass is 10.0. The fraction of sp³-hybridized carbons (Fsp3) is 0.231. The van der Waals surface area contributed by atoms with E-state index in [1.165, 1.54) is 0 Å². The molecule has 0 saturated heterocycles. The molecule has 0 atom stereocenters. The van der Waals surface area contributed by atoms with Gasteiger partial charge >= 0.3 is 0 Å². The molecule has 0 radical (unpaired) electrons. The van der Waals surface area contributed by atoms with E-state index in [1.54, 1.807) is 23.1 Å². The highest BCUT2D eigenvalue weighted by atomic mass is 32.2. The Labute approximate surface area is 119 Å². The Kier molecular flexibility index (Phi) is 3.20. The summed E-state index contributed by atoms with van der Waals surface area (Å²) in [5.41, 5.74) is 9.82. The number of rotatable bonds is 2. The zero-order chi connectivity index (χ0) is 13.4. The molecule has 3 rings (SSSR count). The average Bonchev–Trinajstić information content (AvgIpc) is 2.76. The molecule has 2 aromatic rings. The molecule has 1 aromatic heterocycles. The Bertz CT molecular complexity index is 651. The standard InChI is InChI=1S/C13H13N3OS2/c1-7-6-18-13(15-7)19-11-5-10-8(4-9(11)14)2-3-12(17)16-10/h4-6H,2-3,14H2,1H3,(H,16,17). The van der Waals surface area contributed by atoms with Gasteiger partial charge in [0.2, 0.25) is 5.91 Å². The van der Waals surface area contributed by atoms with Gasteiger partial charge in [0, 0.05) is 33.8 Å². The number of benzene rings is 1. The Balaban J connectivity index is 1.93. The van der Waals surface area contributed by atoms with Crippen LogP contribution in [0, 0.1) is 6.92 Å². The number of hydrogen-bond donors (Lipinski definition) is 2. The predicted octanol–water partition coefficient (Wildman–Crippen LogP) is 3.07. The van der Waals surface area contributed by atoms with Gasteiger partial charge in [0.05, 0.1) is 0 Å². The van der Waals surface area contributed by atoms with Crippen LogP contribution in [0.1, 0.15) is 17.7 Å². The minimum absolute atomic E-state index is 0.0679. The lowest BCUT2D eigenvalue weighted by Crippen LogP contribution is -2.19. The third-order valence-corrected chi connectivity index (χ3v) is 5.06. The van der Waals surface area contributed by atoms with Crippen molar-refractivity contribution >= 4 is 40.4 Å². The molecule has 2 heterocycles. The topological polar surface area (TPSA) is 68.0 Å². The van der Waals surface area contributed by atoms with E-state index in [-0.39, 0.29) is 5.91 Å². The lowest BCUT2D eigenvalue weighted by molar-refractivity contribution is -0.116. The number of thiazole rings is 1. The smallest absolute Gasteiger partial charge is 0.224 e. The van der Waals surface area contributed by atoms with Gasteiger partial charge in [0.25, 0.3) is 0 Å². The maximum Gasteiger partial charge on any atom is 0.224 e. The first-order valence-electron chi connectivity index (χ1n) is 5.94. The van der Waals surface area contributed by atoms with Crippen LogP contribution in [0.3, 0.4) is 0 Å².